The maximum Gasteiger partial charge on any atom is 0.353 e. The SMILES string of the molecule is CC1(C)CCCC(c2cccc(-c3cc(C(=O)O)[nH]n3)c2)C1. The first-order chi connectivity index (χ1) is 10.4. The molecule has 1 saturated carbocycles. The lowest BCUT2D eigenvalue weighted by molar-refractivity contribution is 0.0690. The quantitative estimate of drug-likeness (QED) is 0.879. The van der Waals surface area contributed by atoms with E-state index in [1.165, 1.54) is 31.2 Å². The van der Waals surface area contributed by atoms with Crippen molar-refractivity contribution in [2.24, 2.45) is 5.41 Å². The Labute approximate surface area is 130 Å². The lowest BCUT2D eigenvalue weighted by atomic mass is 9.70. The van der Waals surface area contributed by atoms with Gasteiger partial charge in [0.1, 0.15) is 5.69 Å². The van der Waals surface area contributed by atoms with Crippen molar-refractivity contribution in [3.8, 4) is 11.3 Å². The lowest BCUT2D eigenvalue weighted by Crippen LogP contribution is -2.21. The third-order valence-corrected chi connectivity index (χ3v) is 4.67. The molecule has 1 heterocycles. The molecule has 116 valence electrons. The number of nitrogens with one attached hydrogen (secondary N) is 1. The van der Waals surface area contributed by atoms with Crippen molar-refractivity contribution in [2.45, 2.75) is 45.4 Å². The molecule has 1 atom stereocenters. The molecule has 22 heavy (non-hydrogen) atoms. The third-order valence-electron chi connectivity index (χ3n) is 4.67. The zero-order chi connectivity index (χ0) is 15.7. The van der Waals surface area contributed by atoms with Crippen molar-refractivity contribution in [3.05, 3.63) is 41.6 Å². The second-order valence-corrected chi connectivity index (χ2v) is 7.05. The number of aromatic carboxylic acids is 1. The summed E-state index contributed by atoms with van der Waals surface area (Å²) in [5.41, 5.74) is 3.53. The van der Waals surface area contributed by atoms with E-state index in [1.54, 1.807) is 6.07 Å². The highest BCUT2D eigenvalue weighted by Gasteiger charge is 2.28. The maximum atomic E-state index is 11.0. The molecule has 3 rings (SSSR count). The van der Waals surface area contributed by atoms with Crippen LogP contribution in [0.4, 0.5) is 0 Å². The zero-order valence-corrected chi connectivity index (χ0v) is 13.1. The Hall–Kier alpha value is -2.10. The van der Waals surface area contributed by atoms with E-state index in [4.69, 9.17) is 5.11 Å². The second-order valence-electron chi connectivity index (χ2n) is 7.05. The predicted octanol–water partition coefficient (Wildman–Crippen LogP) is 4.46. The minimum Gasteiger partial charge on any atom is -0.477 e. The molecular formula is C18H22N2O2. The van der Waals surface area contributed by atoms with Gasteiger partial charge in [0.15, 0.2) is 0 Å². The summed E-state index contributed by atoms with van der Waals surface area (Å²) in [7, 11) is 0. The number of aromatic amines is 1. The number of benzene rings is 1. The molecule has 0 aliphatic heterocycles. The molecule has 1 aliphatic carbocycles. The Morgan fingerprint density at radius 2 is 2.18 bits per heavy atom. The minimum absolute atomic E-state index is 0.124. The molecular weight excluding hydrogens is 276 g/mol. The average molecular weight is 298 g/mol. The normalized spacial score (nSPS) is 20.7. The fourth-order valence-corrected chi connectivity index (χ4v) is 3.51. The monoisotopic (exact) mass is 298 g/mol. The molecule has 1 aromatic heterocycles. The van der Waals surface area contributed by atoms with Crippen LogP contribution >= 0.6 is 0 Å². The molecule has 2 N–H and O–H groups in total. The van der Waals surface area contributed by atoms with E-state index in [9.17, 15) is 4.79 Å². The summed E-state index contributed by atoms with van der Waals surface area (Å²) < 4.78 is 0. The molecule has 4 nitrogen and oxygen atoms in total. The first kappa shape index (κ1) is 14.8. The number of hydrogen-bond acceptors (Lipinski definition) is 2. The molecule has 1 unspecified atom stereocenters. The van der Waals surface area contributed by atoms with Gasteiger partial charge in [-0.25, -0.2) is 4.79 Å². The fourth-order valence-electron chi connectivity index (χ4n) is 3.51. The van der Waals surface area contributed by atoms with E-state index in [0.717, 1.165) is 5.56 Å². The first-order valence-corrected chi connectivity index (χ1v) is 7.84. The summed E-state index contributed by atoms with van der Waals surface area (Å²) >= 11 is 0. The van der Waals surface area contributed by atoms with Gasteiger partial charge >= 0.3 is 5.97 Å². The van der Waals surface area contributed by atoms with Crippen molar-refractivity contribution in [1.29, 1.82) is 0 Å². The number of carboxylic acids is 1. The van der Waals surface area contributed by atoms with Gasteiger partial charge in [-0.1, -0.05) is 38.5 Å². The number of aromatic nitrogens is 2. The van der Waals surface area contributed by atoms with Gasteiger partial charge in [0.25, 0.3) is 0 Å². The van der Waals surface area contributed by atoms with Crippen molar-refractivity contribution in [3.63, 3.8) is 0 Å². The first-order valence-electron chi connectivity index (χ1n) is 7.84. The largest absolute Gasteiger partial charge is 0.477 e. The molecule has 1 aromatic carbocycles. The van der Waals surface area contributed by atoms with Gasteiger partial charge in [-0.2, -0.15) is 5.10 Å². The number of carboxylic acid groups (broad SMARTS) is 1. The van der Waals surface area contributed by atoms with Gasteiger partial charge in [0.2, 0.25) is 0 Å². The van der Waals surface area contributed by atoms with Gasteiger partial charge in [-0.15, -0.1) is 0 Å². The number of carbonyl (C=O) groups is 1. The van der Waals surface area contributed by atoms with Crippen LogP contribution in [0.25, 0.3) is 11.3 Å². The summed E-state index contributed by atoms with van der Waals surface area (Å²) in [5.74, 6) is -0.398. The highest BCUT2D eigenvalue weighted by Crippen LogP contribution is 2.43. The van der Waals surface area contributed by atoms with E-state index in [2.05, 4.69) is 36.2 Å². The van der Waals surface area contributed by atoms with Crippen LogP contribution in [-0.4, -0.2) is 21.3 Å². The van der Waals surface area contributed by atoms with Crippen LogP contribution in [0.3, 0.4) is 0 Å². The average Bonchev–Trinajstić information content (AvgIpc) is 2.96. The summed E-state index contributed by atoms with van der Waals surface area (Å²) in [6.45, 7) is 4.69. The molecule has 1 fully saturated rings. The number of H-pyrrole nitrogens is 1. The van der Waals surface area contributed by atoms with Crippen LogP contribution in [0, 0.1) is 5.41 Å². The molecule has 2 aromatic rings. The van der Waals surface area contributed by atoms with Crippen molar-refractivity contribution >= 4 is 5.97 Å². The Balaban J connectivity index is 1.87. The lowest BCUT2D eigenvalue weighted by Gasteiger charge is -2.35. The molecule has 4 heteroatoms. The summed E-state index contributed by atoms with van der Waals surface area (Å²) in [5, 5.41) is 15.7. The van der Waals surface area contributed by atoms with Crippen LogP contribution < -0.4 is 0 Å². The van der Waals surface area contributed by atoms with E-state index < -0.39 is 5.97 Å². The predicted molar refractivity (Wildman–Crippen MR) is 86.0 cm³/mol. The molecule has 0 radical (unpaired) electrons. The van der Waals surface area contributed by atoms with Crippen LogP contribution in [-0.2, 0) is 0 Å². The molecule has 1 aliphatic rings. The van der Waals surface area contributed by atoms with Gasteiger partial charge in [0.05, 0.1) is 5.69 Å². The molecule has 0 spiro atoms. The number of nitrogens with zero attached hydrogens (tertiary/aromatic N) is 1. The van der Waals surface area contributed by atoms with E-state index in [1.807, 2.05) is 12.1 Å². The zero-order valence-electron chi connectivity index (χ0n) is 13.1. The van der Waals surface area contributed by atoms with E-state index >= 15 is 0 Å². The molecule has 0 saturated heterocycles. The highest BCUT2D eigenvalue weighted by molar-refractivity contribution is 5.86. The minimum atomic E-state index is -0.982. The maximum absolute atomic E-state index is 11.0. The fraction of sp³-hybridized carbons (Fsp3) is 0.444. The van der Waals surface area contributed by atoms with Crippen LogP contribution in [0.5, 0.6) is 0 Å². The Bertz CT molecular complexity index is 688. The standard InChI is InChI=1S/C18H22N2O2/c1-18(2)8-4-7-14(11-18)12-5-3-6-13(9-12)15-10-16(17(21)22)20-19-15/h3,5-6,9-10,14H,4,7-8,11H2,1-2H3,(H,19,20)(H,21,22). The van der Waals surface area contributed by atoms with Gasteiger partial charge < -0.3 is 5.11 Å². The smallest absolute Gasteiger partial charge is 0.353 e. The molecule has 0 amide bonds. The second kappa shape index (κ2) is 5.59. The topological polar surface area (TPSA) is 66.0 Å². The van der Waals surface area contributed by atoms with E-state index in [0.29, 0.717) is 17.0 Å². The highest BCUT2D eigenvalue weighted by atomic mass is 16.4. The van der Waals surface area contributed by atoms with E-state index in [-0.39, 0.29) is 5.69 Å². The Kier molecular flexibility index (Phi) is 3.77. The van der Waals surface area contributed by atoms with Crippen molar-refractivity contribution < 1.29 is 9.90 Å². The van der Waals surface area contributed by atoms with Crippen molar-refractivity contribution in [2.75, 3.05) is 0 Å². The van der Waals surface area contributed by atoms with Crippen LogP contribution in [0.1, 0.15) is 61.5 Å². The Morgan fingerprint density at radius 3 is 2.86 bits per heavy atom. The van der Waals surface area contributed by atoms with Gasteiger partial charge in [0, 0.05) is 5.56 Å². The van der Waals surface area contributed by atoms with Gasteiger partial charge in [-0.05, 0) is 48.3 Å². The summed E-state index contributed by atoms with van der Waals surface area (Å²) in [6, 6.07) is 9.96. The van der Waals surface area contributed by atoms with Crippen molar-refractivity contribution in [1.82, 2.24) is 10.2 Å². The summed E-state index contributed by atoms with van der Waals surface area (Å²) in [6.07, 6.45) is 5.00. The van der Waals surface area contributed by atoms with Gasteiger partial charge in [-0.3, -0.25) is 5.10 Å². The third kappa shape index (κ3) is 3.06. The van der Waals surface area contributed by atoms with Crippen LogP contribution in [0.2, 0.25) is 0 Å². The summed E-state index contributed by atoms with van der Waals surface area (Å²) in [4.78, 5) is 11.0. The number of hydrogen-bond donors (Lipinski definition) is 2. The van der Waals surface area contributed by atoms with Crippen LogP contribution in [0.15, 0.2) is 30.3 Å². The molecule has 0 bridgehead atoms. The Morgan fingerprint density at radius 1 is 1.36 bits per heavy atom. The number of rotatable bonds is 3.